The number of unbranched alkanes of at least 4 members (excludes halogenated alkanes) is 9. The summed E-state index contributed by atoms with van der Waals surface area (Å²) in [4.78, 5) is 11.8. The number of hydrogen-bond acceptors (Lipinski definition) is 2. The van der Waals surface area contributed by atoms with Crippen molar-refractivity contribution in [2.24, 2.45) is 0 Å². The SMILES string of the molecule is CCCCCCCCCCCCC(CCC)(C(=O)[O-])[N+](C)(C)C. The number of likely N-dealkylation sites (N-methyl/N-ethyl adjacent to an activating group) is 1. The molecule has 0 aromatic heterocycles. The quantitative estimate of drug-likeness (QED) is 0.332. The molecule has 0 aliphatic heterocycles. The Labute approximate surface area is 145 Å². The third-order valence-electron chi connectivity index (χ3n) is 5.27. The van der Waals surface area contributed by atoms with Gasteiger partial charge in [0.15, 0.2) is 0 Å². The van der Waals surface area contributed by atoms with Gasteiger partial charge in [-0.25, -0.2) is 0 Å². The first-order chi connectivity index (χ1) is 10.8. The maximum atomic E-state index is 11.8. The third kappa shape index (κ3) is 8.19. The number of carboxylic acid groups (broad SMARTS) is 1. The largest absolute Gasteiger partial charge is 0.544 e. The highest BCUT2D eigenvalue weighted by Gasteiger charge is 2.43. The molecular weight excluding hydrogens is 286 g/mol. The monoisotopic (exact) mass is 327 g/mol. The van der Waals surface area contributed by atoms with E-state index in [1.807, 2.05) is 21.1 Å². The predicted molar refractivity (Wildman–Crippen MR) is 97.1 cm³/mol. The molecule has 0 aliphatic carbocycles. The fraction of sp³-hybridized carbons (Fsp3) is 0.950. The Morgan fingerprint density at radius 2 is 1.17 bits per heavy atom. The van der Waals surface area contributed by atoms with E-state index in [4.69, 9.17) is 0 Å². The number of aliphatic carboxylic acids is 1. The lowest BCUT2D eigenvalue weighted by Gasteiger charge is -2.47. The number of quaternary nitrogens is 1. The molecular formula is C20H41NO2. The third-order valence-corrected chi connectivity index (χ3v) is 5.27. The van der Waals surface area contributed by atoms with Gasteiger partial charge in [-0.15, -0.1) is 0 Å². The van der Waals surface area contributed by atoms with Gasteiger partial charge in [0, 0.05) is 12.8 Å². The van der Waals surface area contributed by atoms with Crippen molar-refractivity contribution < 1.29 is 14.4 Å². The van der Waals surface area contributed by atoms with E-state index in [2.05, 4.69) is 13.8 Å². The predicted octanol–water partition coefficient (Wildman–Crippen LogP) is 4.29. The summed E-state index contributed by atoms with van der Waals surface area (Å²) in [7, 11) is 5.96. The van der Waals surface area contributed by atoms with Gasteiger partial charge in [0.05, 0.1) is 21.1 Å². The Bertz CT molecular complexity index is 309. The van der Waals surface area contributed by atoms with Crippen molar-refractivity contribution in [2.45, 2.75) is 103 Å². The molecule has 0 radical (unpaired) electrons. The molecule has 1 atom stereocenters. The maximum Gasteiger partial charge on any atom is 0.139 e. The highest BCUT2D eigenvalue weighted by molar-refractivity contribution is 5.75. The second-order valence-corrected chi connectivity index (χ2v) is 8.01. The molecule has 3 nitrogen and oxygen atoms in total. The molecule has 23 heavy (non-hydrogen) atoms. The Hall–Kier alpha value is -0.570. The van der Waals surface area contributed by atoms with Crippen molar-refractivity contribution in [1.29, 1.82) is 0 Å². The first kappa shape index (κ1) is 22.4. The van der Waals surface area contributed by atoms with Crippen LogP contribution < -0.4 is 5.11 Å². The minimum absolute atomic E-state index is 0.459. The van der Waals surface area contributed by atoms with E-state index in [-0.39, 0.29) is 0 Å². The first-order valence-corrected chi connectivity index (χ1v) is 9.84. The van der Waals surface area contributed by atoms with E-state index in [9.17, 15) is 9.90 Å². The Morgan fingerprint density at radius 1 is 0.739 bits per heavy atom. The molecule has 0 spiro atoms. The number of nitrogens with zero attached hydrogens (tertiary/aromatic N) is 1. The molecule has 0 amide bonds. The molecule has 0 aromatic carbocycles. The van der Waals surface area contributed by atoms with Gasteiger partial charge in [-0.2, -0.15) is 0 Å². The molecule has 0 saturated carbocycles. The highest BCUT2D eigenvalue weighted by Crippen LogP contribution is 2.30. The minimum Gasteiger partial charge on any atom is -0.544 e. The zero-order valence-corrected chi connectivity index (χ0v) is 16.5. The van der Waals surface area contributed by atoms with Crippen molar-refractivity contribution >= 4 is 5.97 Å². The molecule has 0 N–H and O–H groups in total. The van der Waals surface area contributed by atoms with Crippen molar-refractivity contribution in [2.75, 3.05) is 21.1 Å². The van der Waals surface area contributed by atoms with Crippen LogP contribution in [0.4, 0.5) is 0 Å². The number of carbonyl (C=O) groups is 1. The molecule has 0 saturated heterocycles. The molecule has 0 bridgehead atoms. The van der Waals surface area contributed by atoms with Crippen LogP contribution in [0.5, 0.6) is 0 Å². The van der Waals surface area contributed by atoms with Crippen molar-refractivity contribution in [3.8, 4) is 0 Å². The lowest BCUT2D eigenvalue weighted by molar-refractivity contribution is -0.917. The number of hydrogen-bond donors (Lipinski definition) is 0. The minimum atomic E-state index is -0.872. The number of carboxylic acids is 1. The molecule has 138 valence electrons. The van der Waals surface area contributed by atoms with E-state index in [0.717, 1.165) is 25.7 Å². The molecule has 0 aliphatic rings. The van der Waals surface area contributed by atoms with Crippen LogP contribution in [0.25, 0.3) is 0 Å². The zero-order valence-electron chi connectivity index (χ0n) is 16.5. The Morgan fingerprint density at radius 3 is 1.52 bits per heavy atom. The van der Waals surface area contributed by atoms with Crippen molar-refractivity contribution in [3.05, 3.63) is 0 Å². The second-order valence-electron chi connectivity index (χ2n) is 8.01. The molecule has 0 heterocycles. The summed E-state index contributed by atoms with van der Waals surface area (Å²) in [6.07, 6.45) is 15.1. The summed E-state index contributed by atoms with van der Waals surface area (Å²) in [5.74, 6) is -0.872. The average molecular weight is 328 g/mol. The fourth-order valence-electron chi connectivity index (χ4n) is 3.59. The van der Waals surface area contributed by atoms with Crippen LogP contribution in [0.1, 0.15) is 97.3 Å². The highest BCUT2D eigenvalue weighted by atomic mass is 16.4. The van der Waals surface area contributed by atoms with Gasteiger partial charge in [0.25, 0.3) is 0 Å². The Kier molecular flexibility index (Phi) is 11.6. The van der Waals surface area contributed by atoms with E-state index in [1.54, 1.807) is 0 Å². The van der Waals surface area contributed by atoms with Gasteiger partial charge in [-0.1, -0.05) is 71.6 Å². The van der Waals surface area contributed by atoms with E-state index in [0.29, 0.717) is 10.9 Å². The zero-order chi connectivity index (χ0) is 17.8. The normalized spacial score (nSPS) is 14.7. The Balaban J connectivity index is 4.04. The molecule has 0 fully saturated rings. The van der Waals surface area contributed by atoms with Crippen LogP contribution in [0.15, 0.2) is 0 Å². The van der Waals surface area contributed by atoms with Gasteiger partial charge in [-0.05, 0) is 12.8 Å². The number of carbonyl (C=O) groups excluding carboxylic acids is 1. The summed E-state index contributed by atoms with van der Waals surface area (Å²) >= 11 is 0. The van der Waals surface area contributed by atoms with Crippen molar-refractivity contribution in [3.63, 3.8) is 0 Å². The lowest BCUT2D eigenvalue weighted by atomic mass is 9.84. The molecule has 3 heteroatoms. The summed E-state index contributed by atoms with van der Waals surface area (Å²) in [5, 5.41) is 11.8. The summed E-state index contributed by atoms with van der Waals surface area (Å²) in [6.45, 7) is 4.31. The summed E-state index contributed by atoms with van der Waals surface area (Å²) in [6, 6.07) is 0. The van der Waals surface area contributed by atoms with Gasteiger partial charge in [-0.3, -0.25) is 0 Å². The van der Waals surface area contributed by atoms with Crippen LogP contribution in [0, 0.1) is 0 Å². The van der Waals surface area contributed by atoms with Gasteiger partial charge < -0.3 is 14.4 Å². The molecule has 1 unspecified atom stereocenters. The van der Waals surface area contributed by atoms with Crippen LogP contribution in [-0.4, -0.2) is 37.1 Å². The van der Waals surface area contributed by atoms with Crippen LogP contribution in [0.3, 0.4) is 0 Å². The number of rotatable bonds is 15. The molecule has 0 aromatic rings. The van der Waals surface area contributed by atoms with Gasteiger partial charge in [0.1, 0.15) is 11.5 Å². The topological polar surface area (TPSA) is 40.1 Å². The summed E-state index contributed by atoms with van der Waals surface area (Å²) < 4.78 is 0.459. The summed E-state index contributed by atoms with van der Waals surface area (Å²) in [5.41, 5.74) is -0.727. The van der Waals surface area contributed by atoms with E-state index >= 15 is 0 Å². The average Bonchev–Trinajstić information content (AvgIpc) is 2.46. The lowest BCUT2D eigenvalue weighted by Crippen LogP contribution is -2.66. The molecule has 0 rings (SSSR count). The van der Waals surface area contributed by atoms with Crippen LogP contribution in [-0.2, 0) is 4.79 Å². The van der Waals surface area contributed by atoms with Gasteiger partial charge >= 0.3 is 0 Å². The van der Waals surface area contributed by atoms with Crippen LogP contribution in [0.2, 0.25) is 0 Å². The van der Waals surface area contributed by atoms with Crippen LogP contribution >= 0.6 is 0 Å². The fourth-order valence-corrected chi connectivity index (χ4v) is 3.59. The van der Waals surface area contributed by atoms with E-state index in [1.165, 1.54) is 51.4 Å². The van der Waals surface area contributed by atoms with Gasteiger partial charge in [0.2, 0.25) is 0 Å². The van der Waals surface area contributed by atoms with Crippen molar-refractivity contribution in [1.82, 2.24) is 0 Å². The maximum absolute atomic E-state index is 11.8. The smallest absolute Gasteiger partial charge is 0.139 e. The second kappa shape index (κ2) is 11.9. The standard InChI is InChI=1S/C20H41NO2/c1-6-8-9-10-11-12-13-14-15-16-18-20(17-7-2,19(22)23)21(3,4)5/h6-18H2,1-5H3. The van der Waals surface area contributed by atoms with E-state index < -0.39 is 11.5 Å². The first-order valence-electron chi connectivity index (χ1n) is 9.84.